The maximum atomic E-state index is 12.4. The first kappa shape index (κ1) is 20.3. The van der Waals surface area contributed by atoms with Gasteiger partial charge < -0.3 is 5.32 Å². The molecule has 0 bridgehead atoms. The number of aryl methyl sites for hydroxylation is 2. The molecule has 0 unspecified atom stereocenters. The molecule has 2 aromatic heterocycles. The van der Waals surface area contributed by atoms with Crippen molar-refractivity contribution >= 4 is 27.3 Å². The summed E-state index contributed by atoms with van der Waals surface area (Å²) in [6, 6.07) is 11.0. The van der Waals surface area contributed by atoms with Crippen molar-refractivity contribution in [3.63, 3.8) is 0 Å². The standard InChI is InChI=1S/C18H20N6O4S/c1-12-9-13(2)24(20-12)16-7-8-18(26)23(21-16)11-17(25)19-14-5-4-6-15(10-14)22-29(3,27)28/h4-10,22H,11H2,1-3H3,(H,19,25). The lowest BCUT2D eigenvalue weighted by Crippen LogP contribution is -2.30. The van der Waals surface area contributed by atoms with Crippen LogP contribution in [0.1, 0.15) is 11.4 Å². The SMILES string of the molecule is Cc1cc(C)n(-c2ccc(=O)n(CC(=O)Nc3cccc(NS(C)(=O)=O)c3)n2)n1. The highest BCUT2D eigenvalue weighted by Crippen LogP contribution is 2.16. The van der Waals surface area contributed by atoms with Crippen LogP contribution in [0.2, 0.25) is 0 Å². The molecular weight excluding hydrogens is 396 g/mol. The maximum absolute atomic E-state index is 12.4. The number of aromatic nitrogens is 4. The maximum Gasteiger partial charge on any atom is 0.267 e. The van der Waals surface area contributed by atoms with E-state index in [4.69, 9.17) is 0 Å². The third kappa shape index (κ3) is 5.29. The Hall–Kier alpha value is -3.47. The Labute approximate surface area is 167 Å². The fraction of sp³-hybridized carbons (Fsp3) is 0.222. The molecule has 0 saturated heterocycles. The van der Waals surface area contributed by atoms with Gasteiger partial charge in [-0.3, -0.25) is 14.3 Å². The molecule has 3 rings (SSSR count). The molecule has 0 radical (unpaired) electrons. The second-order valence-corrected chi connectivity index (χ2v) is 8.28. The minimum atomic E-state index is -3.44. The molecule has 0 atom stereocenters. The number of rotatable bonds is 6. The lowest BCUT2D eigenvalue weighted by molar-refractivity contribution is -0.117. The zero-order chi connectivity index (χ0) is 21.2. The molecule has 3 aromatic rings. The first-order valence-corrected chi connectivity index (χ1v) is 10.5. The second kappa shape index (κ2) is 7.87. The van der Waals surface area contributed by atoms with E-state index in [1.807, 2.05) is 19.9 Å². The number of hydrogen-bond acceptors (Lipinski definition) is 6. The van der Waals surface area contributed by atoms with E-state index in [9.17, 15) is 18.0 Å². The zero-order valence-corrected chi connectivity index (χ0v) is 16.9. The van der Waals surface area contributed by atoms with Crippen molar-refractivity contribution in [1.29, 1.82) is 0 Å². The predicted octanol–water partition coefficient (Wildman–Crippen LogP) is 1.06. The number of carbonyl (C=O) groups excluding carboxylic acids is 1. The second-order valence-electron chi connectivity index (χ2n) is 6.53. The zero-order valence-electron chi connectivity index (χ0n) is 16.1. The quantitative estimate of drug-likeness (QED) is 0.618. The molecule has 11 heteroatoms. The van der Waals surface area contributed by atoms with Gasteiger partial charge in [-0.05, 0) is 44.2 Å². The Bertz CT molecular complexity index is 1230. The molecule has 0 spiro atoms. The fourth-order valence-electron chi connectivity index (χ4n) is 2.74. The summed E-state index contributed by atoms with van der Waals surface area (Å²) in [5, 5.41) is 11.2. The van der Waals surface area contributed by atoms with Gasteiger partial charge in [0.1, 0.15) is 6.54 Å². The number of sulfonamides is 1. The minimum Gasteiger partial charge on any atom is -0.324 e. The summed E-state index contributed by atoms with van der Waals surface area (Å²) in [6.07, 6.45) is 1.03. The number of amides is 1. The summed E-state index contributed by atoms with van der Waals surface area (Å²) in [6.45, 7) is 3.40. The lowest BCUT2D eigenvalue weighted by atomic mass is 10.3. The number of benzene rings is 1. The van der Waals surface area contributed by atoms with Crippen molar-refractivity contribution in [1.82, 2.24) is 19.6 Å². The average Bonchev–Trinajstić information content (AvgIpc) is 2.94. The van der Waals surface area contributed by atoms with Gasteiger partial charge in [0, 0.05) is 17.4 Å². The summed E-state index contributed by atoms with van der Waals surface area (Å²) in [7, 11) is -3.44. The first-order valence-electron chi connectivity index (χ1n) is 8.60. The molecule has 1 aromatic carbocycles. The van der Waals surface area contributed by atoms with E-state index < -0.39 is 21.5 Å². The summed E-state index contributed by atoms with van der Waals surface area (Å²) in [5.74, 6) is -0.0658. The molecule has 0 aliphatic rings. The van der Waals surface area contributed by atoms with Crippen LogP contribution in [-0.4, -0.2) is 40.1 Å². The van der Waals surface area contributed by atoms with E-state index >= 15 is 0 Å². The predicted molar refractivity (Wildman–Crippen MR) is 109 cm³/mol. The monoisotopic (exact) mass is 416 g/mol. The van der Waals surface area contributed by atoms with E-state index in [0.29, 0.717) is 17.2 Å². The van der Waals surface area contributed by atoms with Gasteiger partial charge in [0.15, 0.2) is 5.82 Å². The Balaban J connectivity index is 1.77. The van der Waals surface area contributed by atoms with Crippen LogP contribution in [0, 0.1) is 13.8 Å². The van der Waals surface area contributed by atoms with E-state index in [0.717, 1.165) is 22.3 Å². The summed E-state index contributed by atoms with van der Waals surface area (Å²) in [5.41, 5.74) is 1.92. The van der Waals surface area contributed by atoms with Crippen molar-refractivity contribution in [3.05, 3.63) is 64.2 Å². The van der Waals surface area contributed by atoms with Crippen molar-refractivity contribution in [2.45, 2.75) is 20.4 Å². The molecule has 2 N–H and O–H groups in total. The van der Waals surface area contributed by atoms with Crippen LogP contribution in [0.25, 0.3) is 5.82 Å². The van der Waals surface area contributed by atoms with Gasteiger partial charge in [-0.15, -0.1) is 5.10 Å². The molecule has 1 amide bonds. The van der Waals surface area contributed by atoms with E-state index in [-0.39, 0.29) is 6.54 Å². The number of hydrogen-bond donors (Lipinski definition) is 2. The lowest BCUT2D eigenvalue weighted by Gasteiger charge is -2.10. The van der Waals surface area contributed by atoms with E-state index in [1.165, 1.54) is 18.2 Å². The van der Waals surface area contributed by atoms with Gasteiger partial charge in [0.2, 0.25) is 15.9 Å². The van der Waals surface area contributed by atoms with Crippen LogP contribution < -0.4 is 15.6 Å². The third-order valence-electron chi connectivity index (χ3n) is 3.82. The Kier molecular flexibility index (Phi) is 5.50. The van der Waals surface area contributed by atoms with Gasteiger partial charge in [0.05, 0.1) is 17.6 Å². The first-order chi connectivity index (χ1) is 13.6. The van der Waals surface area contributed by atoms with Crippen LogP contribution in [0.4, 0.5) is 11.4 Å². The molecular formula is C18H20N6O4S. The number of carbonyl (C=O) groups is 1. The van der Waals surface area contributed by atoms with Crippen LogP contribution in [0.15, 0.2) is 47.3 Å². The molecule has 0 saturated carbocycles. The Morgan fingerprint density at radius 2 is 1.79 bits per heavy atom. The summed E-state index contributed by atoms with van der Waals surface area (Å²) < 4.78 is 27.6. The topological polar surface area (TPSA) is 128 Å². The van der Waals surface area contributed by atoms with Gasteiger partial charge in [-0.1, -0.05) is 6.07 Å². The largest absolute Gasteiger partial charge is 0.324 e. The highest BCUT2D eigenvalue weighted by molar-refractivity contribution is 7.92. The summed E-state index contributed by atoms with van der Waals surface area (Å²) >= 11 is 0. The normalized spacial score (nSPS) is 11.3. The van der Waals surface area contributed by atoms with Crippen molar-refractivity contribution < 1.29 is 13.2 Å². The number of nitrogens with one attached hydrogen (secondary N) is 2. The molecule has 0 aliphatic carbocycles. The van der Waals surface area contributed by atoms with Gasteiger partial charge in [-0.2, -0.15) is 5.10 Å². The minimum absolute atomic E-state index is 0.310. The smallest absolute Gasteiger partial charge is 0.267 e. The molecule has 29 heavy (non-hydrogen) atoms. The number of anilines is 2. The van der Waals surface area contributed by atoms with Crippen molar-refractivity contribution in [2.24, 2.45) is 0 Å². The molecule has 10 nitrogen and oxygen atoms in total. The van der Waals surface area contributed by atoms with Gasteiger partial charge in [-0.25, -0.2) is 17.8 Å². The van der Waals surface area contributed by atoms with E-state index in [2.05, 4.69) is 20.2 Å². The highest BCUT2D eigenvalue weighted by atomic mass is 32.2. The average molecular weight is 416 g/mol. The van der Waals surface area contributed by atoms with Crippen molar-refractivity contribution in [3.8, 4) is 5.82 Å². The van der Waals surface area contributed by atoms with Crippen molar-refractivity contribution in [2.75, 3.05) is 16.3 Å². The Morgan fingerprint density at radius 1 is 1.07 bits per heavy atom. The van der Waals surface area contributed by atoms with Crippen LogP contribution in [0.3, 0.4) is 0 Å². The van der Waals surface area contributed by atoms with E-state index in [1.54, 1.807) is 22.9 Å². The van der Waals surface area contributed by atoms with Crippen LogP contribution in [0.5, 0.6) is 0 Å². The summed E-state index contributed by atoms with van der Waals surface area (Å²) in [4.78, 5) is 24.5. The number of nitrogens with zero attached hydrogens (tertiary/aromatic N) is 4. The molecule has 152 valence electrons. The molecule has 0 aliphatic heterocycles. The van der Waals surface area contributed by atoms with Gasteiger partial charge >= 0.3 is 0 Å². The third-order valence-corrected chi connectivity index (χ3v) is 4.43. The van der Waals surface area contributed by atoms with Crippen LogP contribution >= 0.6 is 0 Å². The molecule has 2 heterocycles. The molecule has 0 fully saturated rings. The Morgan fingerprint density at radius 3 is 2.45 bits per heavy atom. The van der Waals surface area contributed by atoms with Gasteiger partial charge in [0.25, 0.3) is 5.56 Å². The highest BCUT2D eigenvalue weighted by Gasteiger charge is 2.11. The van der Waals surface area contributed by atoms with Crippen LogP contribution in [-0.2, 0) is 21.4 Å². The fourth-order valence-corrected chi connectivity index (χ4v) is 3.29.